The van der Waals surface area contributed by atoms with Crippen molar-refractivity contribution in [2.24, 2.45) is 7.05 Å². The SMILES string of the molecule is Cc1cnn(CCF)c1NCc1ccn(C)n1.Cl. The van der Waals surface area contributed by atoms with E-state index in [9.17, 15) is 4.39 Å². The van der Waals surface area contributed by atoms with Crippen LogP contribution >= 0.6 is 12.4 Å². The fraction of sp³-hybridized carbons (Fsp3) is 0.455. The zero-order valence-corrected chi connectivity index (χ0v) is 11.2. The second-order valence-corrected chi connectivity index (χ2v) is 3.92. The van der Waals surface area contributed by atoms with Gasteiger partial charge >= 0.3 is 0 Å². The molecular weight excluding hydrogens is 257 g/mol. The Morgan fingerprint density at radius 3 is 2.83 bits per heavy atom. The quantitative estimate of drug-likeness (QED) is 0.906. The normalized spacial score (nSPS) is 10.2. The second kappa shape index (κ2) is 6.39. The van der Waals surface area contributed by atoms with Crippen molar-refractivity contribution >= 4 is 18.2 Å². The van der Waals surface area contributed by atoms with Gasteiger partial charge in [0.25, 0.3) is 0 Å². The molecule has 2 heterocycles. The highest BCUT2D eigenvalue weighted by atomic mass is 35.5. The van der Waals surface area contributed by atoms with Crippen LogP contribution in [0.4, 0.5) is 10.2 Å². The van der Waals surface area contributed by atoms with Crippen molar-refractivity contribution < 1.29 is 4.39 Å². The molecule has 2 rings (SSSR count). The first-order valence-electron chi connectivity index (χ1n) is 5.51. The van der Waals surface area contributed by atoms with E-state index in [0.717, 1.165) is 17.1 Å². The topological polar surface area (TPSA) is 47.7 Å². The summed E-state index contributed by atoms with van der Waals surface area (Å²) in [7, 11) is 1.88. The Morgan fingerprint density at radius 1 is 1.44 bits per heavy atom. The molecule has 0 spiro atoms. The summed E-state index contributed by atoms with van der Waals surface area (Å²) in [4.78, 5) is 0. The minimum atomic E-state index is -0.417. The van der Waals surface area contributed by atoms with E-state index in [4.69, 9.17) is 0 Å². The van der Waals surface area contributed by atoms with Crippen LogP contribution in [0.5, 0.6) is 0 Å². The third-order valence-corrected chi connectivity index (χ3v) is 2.52. The molecule has 2 aromatic heterocycles. The number of anilines is 1. The number of nitrogens with zero attached hydrogens (tertiary/aromatic N) is 4. The second-order valence-electron chi connectivity index (χ2n) is 3.92. The van der Waals surface area contributed by atoms with Gasteiger partial charge in [-0.2, -0.15) is 10.2 Å². The van der Waals surface area contributed by atoms with Crippen LogP contribution in [0.2, 0.25) is 0 Å². The Labute approximate surface area is 111 Å². The van der Waals surface area contributed by atoms with E-state index in [1.807, 2.05) is 26.2 Å². The number of aryl methyl sites for hydroxylation is 3. The van der Waals surface area contributed by atoms with E-state index >= 15 is 0 Å². The first-order chi connectivity index (χ1) is 8.20. The van der Waals surface area contributed by atoms with Crippen LogP contribution in [0.3, 0.4) is 0 Å². The van der Waals surface area contributed by atoms with Gasteiger partial charge in [-0.3, -0.25) is 4.68 Å². The molecule has 0 aliphatic carbocycles. The Balaban J connectivity index is 0.00000162. The van der Waals surface area contributed by atoms with E-state index in [2.05, 4.69) is 15.5 Å². The lowest BCUT2D eigenvalue weighted by molar-refractivity contribution is 0.429. The van der Waals surface area contributed by atoms with E-state index < -0.39 is 6.67 Å². The predicted molar refractivity (Wildman–Crippen MR) is 70.7 cm³/mol. The molecule has 0 unspecified atom stereocenters. The van der Waals surface area contributed by atoms with Crippen LogP contribution in [0, 0.1) is 6.92 Å². The summed E-state index contributed by atoms with van der Waals surface area (Å²) in [5.41, 5.74) is 1.95. The number of halogens is 2. The van der Waals surface area contributed by atoms with E-state index in [1.165, 1.54) is 0 Å². The van der Waals surface area contributed by atoms with E-state index in [-0.39, 0.29) is 19.0 Å². The summed E-state index contributed by atoms with van der Waals surface area (Å²) in [6, 6.07) is 1.94. The number of hydrogen-bond donors (Lipinski definition) is 1. The third kappa shape index (κ3) is 3.22. The molecule has 0 amide bonds. The fourth-order valence-corrected chi connectivity index (χ4v) is 1.69. The number of hydrogen-bond acceptors (Lipinski definition) is 3. The summed E-state index contributed by atoms with van der Waals surface area (Å²) < 4.78 is 15.7. The van der Waals surface area contributed by atoms with Gasteiger partial charge in [0, 0.05) is 18.8 Å². The zero-order valence-electron chi connectivity index (χ0n) is 10.4. The number of nitrogens with one attached hydrogen (secondary N) is 1. The molecule has 0 atom stereocenters. The molecule has 0 fully saturated rings. The van der Waals surface area contributed by atoms with Gasteiger partial charge in [0.2, 0.25) is 0 Å². The van der Waals surface area contributed by atoms with Crippen molar-refractivity contribution in [2.75, 3.05) is 12.0 Å². The average molecular weight is 274 g/mol. The van der Waals surface area contributed by atoms with Crippen LogP contribution in [0.15, 0.2) is 18.5 Å². The Kier molecular flexibility index (Phi) is 5.15. The summed E-state index contributed by atoms with van der Waals surface area (Å²) >= 11 is 0. The van der Waals surface area contributed by atoms with Crippen molar-refractivity contribution in [1.82, 2.24) is 19.6 Å². The summed E-state index contributed by atoms with van der Waals surface area (Å²) in [5.74, 6) is 0.855. The van der Waals surface area contributed by atoms with Crippen LogP contribution in [0.1, 0.15) is 11.3 Å². The van der Waals surface area contributed by atoms with Crippen LogP contribution in [-0.2, 0) is 20.1 Å². The van der Waals surface area contributed by atoms with Gasteiger partial charge in [-0.15, -0.1) is 12.4 Å². The molecule has 0 saturated heterocycles. The Hall–Kier alpha value is -1.56. The number of rotatable bonds is 5. The lowest BCUT2D eigenvalue weighted by Crippen LogP contribution is -2.10. The molecule has 0 radical (unpaired) electrons. The third-order valence-electron chi connectivity index (χ3n) is 2.52. The molecule has 5 nitrogen and oxygen atoms in total. The standard InChI is InChI=1S/C11H16FN5.ClH/c1-9-7-14-17(6-4-12)11(9)13-8-10-3-5-16(2)15-10;/h3,5,7,13H,4,6,8H2,1-2H3;1H. The molecule has 0 aliphatic rings. The van der Waals surface area contributed by atoms with Gasteiger partial charge in [-0.05, 0) is 13.0 Å². The van der Waals surface area contributed by atoms with Gasteiger partial charge in [0.05, 0.1) is 25.0 Å². The van der Waals surface area contributed by atoms with E-state index in [1.54, 1.807) is 15.6 Å². The summed E-state index contributed by atoms with van der Waals surface area (Å²) in [5, 5.41) is 11.6. The molecule has 100 valence electrons. The largest absolute Gasteiger partial charge is 0.364 e. The van der Waals surface area contributed by atoms with Crippen molar-refractivity contribution in [2.45, 2.75) is 20.0 Å². The molecule has 0 bridgehead atoms. The lowest BCUT2D eigenvalue weighted by atomic mass is 10.3. The molecule has 0 saturated carbocycles. The van der Waals surface area contributed by atoms with E-state index in [0.29, 0.717) is 6.54 Å². The van der Waals surface area contributed by atoms with Crippen molar-refractivity contribution in [3.8, 4) is 0 Å². The first-order valence-corrected chi connectivity index (χ1v) is 5.51. The van der Waals surface area contributed by atoms with Crippen LogP contribution < -0.4 is 5.32 Å². The molecule has 2 aromatic rings. The Bertz CT molecular complexity index is 493. The van der Waals surface area contributed by atoms with Crippen LogP contribution in [-0.4, -0.2) is 26.2 Å². The highest BCUT2D eigenvalue weighted by molar-refractivity contribution is 5.85. The first kappa shape index (κ1) is 14.5. The Morgan fingerprint density at radius 2 is 2.22 bits per heavy atom. The summed E-state index contributed by atoms with van der Waals surface area (Å²) in [6.45, 7) is 2.42. The molecule has 1 N–H and O–H groups in total. The fourth-order valence-electron chi connectivity index (χ4n) is 1.69. The maximum atomic E-state index is 12.3. The minimum Gasteiger partial charge on any atom is -0.364 e. The predicted octanol–water partition coefficient (Wildman–Crippen LogP) is 1.93. The smallest absolute Gasteiger partial charge is 0.127 e. The van der Waals surface area contributed by atoms with Crippen molar-refractivity contribution in [1.29, 1.82) is 0 Å². The minimum absolute atomic E-state index is 0. The average Bonchev–Trinajstić information content (AvgIpc) is 2.85. The van der Waals surface area contributed by atoms with Gasteiger partial charge in [0.1, 0.15) is 12.5 Å². The molecule has 0 aromatic carbocycles. The monoisotopic (exact) mass is 273 g/mol. The molecular formula is C11H17ClFN5. The molecule has 0 aliphatic heterocycles. The maximum absolute atomic E-state index is 12.3. The highest BCUT2D eigenvalue weighted by Gasteiger charge is 2.07. The van der Waals surface area contributed by atoms with Gasteiger partial charge in [-0.25, -0.2) is 9.07 Å². The van der Waals surface area contributed by atoms with Crippen molar-refractivity contribution in [3.63, 3.8) is 0 Å². The van der Waals surface area contributed by atoms with Crippen molar-refractivity contribution in [3.05, 3.63) is 29.7 Å². The highest BCUT2D eigenvalue weighted by Crippen LogP contribution is 2.14. The van der Waals surface area contributed by atoms with Gasteiger partial charge < -0.3 is 5.32 Å². The number of aromatic nitrogens is 4. The summed E-state index contributed by atoms with van der Waals surface area (Å²) in [6.07, 6.45) is 3.62. The number of alkyl halides is 1. The molecule has 7 heteroatoms. The van der Waals surface area contributed by atoms with Gasteiger partial charge in [0.15, 0.2) is 0 Å². The van der Waals surface area contributed by atoms with Crippen LogP contribution in [0.25, 0.3) is 0 Å². The molecule has 18 heavy (non-hydrogen) atoms. The van der Waals surface area contributed by atoms with Gasteiger partial charge in [-0.1, -0.05) is 0 Å². The maximum Gasteiger partial charge on any atom is 0.127 e. The lowest BCUT2D eigenvalue weighted by Gasteiger charge is -2.08. The zero-order chi connectivity index (χ0) is 12.3.